The van der Waals surface area contributed by atoms with E-state index in [4.69, 9.17) is 0 Å². The van der Waals surface area contributed by atoms with E-state index >= 15 is 0 Å². The molecule has 3 aliphatic rings. The van der Waals surface area contributed by atoms with Crippen molar-refractivity contribution in [1.29, 1.82) is 0 Å². The molecule has 1 saturated heterocycles. The highest BCUT2D eigenvalue weighted by atomic mass is 16.2. The molecule has 0 radical (unpaired) electrons. The molecular formula is C22H27N5O2. The highest BCUT2D eigenvalue weighted by Crippen LogP contribution is 2.33. The fourth-order valence-electron chi connectivity index (χ4n) is 4.59. The summed E-state index contributed by atoms with van der Waals surface area (Å²) < 4.78 is 2.18. The minimum atomic E-state index is 0.0954. The second-order valence-corrected chi connectivity index (χ2v) is 8.62. The van der Waals surface area contributed by atoms with Crippen molar-refractivity contribution in [3.05, 3.63) is 47.0 Å². The third-order valence-corrected chi connectivity index (χ3v) is 6.36. The van der Waals surface area contributed by atoms with Crippen molar-refractivity contribution in [1.82, 2.24) is 24.6 Å². The maximum Gasteiger partial charge on any atom is 0.253 e. The SMILES string of the molecule is Cc1cccc(C(=O)N2CCCC(c3nnc4n3CCN(C(=O)C3CC3)C4)C2)c1. The van der Waals surface area contributed by atoms with E-state index in [-0.39, 0.29) is 23.7 Å². The van der Waals surface area contributed by atoms with Crippen molar-refractivity contribution in [3.8, 4) is 0 Å². The van der Waals surface area contributed by atoms with Crippen LogP contribution in [-0.4, -0.2) is 56.0 Å². The van der Waals surface area contributed by atoms with Gasteiger partial charge in [0.05, 0.1) is 6.54 Å². The quantitative estimate of drug-likeness (QED) is 0.803. The van der Waals surface area contributed by atoms with Gasteiger partial charge in [0.1, 0.15) is 5.82 Å². The lowest BCUT2D eigenvalue weighted by atomic mass is 9.96. The zero-order valence-electron chi connectivity index (χ0n) is 16.9. The molecule has 29 heavy (non-hydrogen) atoms. The zero-order chi connectivity index (χ0) is 20.0. The molecule has 2 aliphatic heterocycles. The predicted octanol–water partition coefficient (Wildman–Crippen LogP) is 2.36. The number of piperidine rings is 1. The van der Waals surface area contributed by atoms with Gasteiger partial charge in [-0.3, -0.25) is 9.59 Å². The van der Waals surface area contributed by atoms with E-state index in [2.05, 4.69) is 14.8 Å². The number of fused-ring (bicyclic) bond motifs is 1. The highest BCUT2D eigenvalue weighted by Gasteiger charge is 2.36. The van der Waals surface area contributed by atoms with Gasteiger partial charge in [0.2, 0.25) is 5.91 Å². The first-order valence-electron chi connectivity index (χ1n) is 10.7. The van der Waals surface area contributed by atoms with Crippen LogP contribution in [0.15, 0.2) is 24.3 Å². The van der Waals surface area contributed by atoms with Crippen LogP contribution in [0.1, 0.15) is 59.2 Å². The molecule has 1 aromatic heterocycles. The number of likely N-dealkylation sites (tertiary alicyclic amines) is 1. The molecule has 1 saturated carbocycles. The van der Waals surface area contributed by atoms with Crippen LogP contribution in [0.2, 0.25) is 0 Å². The average molecular weight is 393 g/mol. The molecule has 3 heterocycles. The van der Waals surface area contributed by atoms with E-state index in [1.807, 2.05) is 41.0 Å². The van der Waals surface area contributed by atoms with Gasteiger partial charge in [0.15, 0.2) is 5.82 Å². The first-order valence-corrected chi connectivity index (χ1v) is 10.7. The van der Waals surface area contributed by atoms with Crippen molar-refractivity contribution in [2.45, 2.75) is 51.6 Å². The Hall–Kier alpha value is -2.70. The number of nitrogens with zero attached hydrogens (tertiary/aromatic N) is 5. The summed E-state index contributed by atoms with van der Waals surface area (Å²) in [6, 6.07) is 7.79. The van der Waals surface area contributed by atoms with Crippen LogP contribution in [0.3, 0.4) is 0 Å². The summed E-state index contributed by atoms with van der Waals surface area (Å²) in [5, 5.41) is 8.89. The van der Waals surface area contributed by atoms with Crippen LogP contribution < -0.4 is 0 Å². The van der Waals surface area contributed by atoms with Gasteiger partial charge in [-0.05, 0) is 44.7 Å². The molecular weight excluding hydrogens is 366 g/mol. The summed E-state index contributed by atoms with van der Waals surface area (Å²) in [6.07, 6.45) is 4.04. The molecule has 7 heteroatoms. The molecule has 152 valence electrons. The monoisotopic (exact) mass is 393 g/mol. The van der Waals surface area contributed by atoms with E-state index in [0.29, 0.717) is 13.1 Å². The van der Waals surface area contributed by atoms with Gasteiger partial charge in [0.25, 0.3) is 5.91 Å². The number of carbonyl (C=O) groups is 2. The molecule has 0 spiro atoms. The predicted molar refractivity (Wildman–Crippen MR) is 107 cm³/mol. The number of rotatable bonds is 3. The standard InChI is InChI=1S/C22H27N5O2/c1-15-4-2-5-17(12-15)22(29)25-9-3-6-18(13-25)20-24-23-19-14-26(10-11-27(19)20)21(28)16-7-8-16/h2,4-5,12,16,18H,3,6-11,13-14H2,1H3. The average Bonchev–Trinajstić information content (AvgIpc) is 3.51. The van der Waals surface area contributed by atoms with Gasteiger partial charge in [-0.1, -0.05) is 17.7 Å². The van der Waals surface area contributed by atoms with E-state index < -0.39 is 0 Å². The van der Waals surface area contributed by atoms with Crippen molar-refractivity contribution < 1.29 is 9.59 Å². The Morgan fingerprint density at radius 1 is 1.03 bits per heavy atom. The van der Waals surface area contributed by atoms with Gasteiger partial charge in [-0.25, -0.2) is 0 Å². The second-order valence-electron chi connectivity index (χ2n) is 8.62. The fraction of sp³-hybridized carbons (Fsp3) is 0.545. The Balaban J connectivity index is 1.30. The third kappa shape index (κ3) is 3.54. The zero-order valence-corrected chi connectivity index (χ0v) is 16.9. The van der Waals surface area contributed by atoms with Gasteiger partial charge in [-0.2, -0.15) is 0 Å². The number of hydrogen-bond donors (Lipinski definition) is 0. The van der Waals surface area contributed by atoms with Crippen LogP contribution in [0.4, 0.5) is 0 Å². The van der Waals surface area contributed by atoms with Crippen LogP contribution in [0.5, 0.6) is 0 Å². The van der Waals surface area contributed by atoms with Crippen molar-refractivity contribution in [2.24, 2.45) is 5.92 Å². The van der Waals surface area contributed by atoms with Crippen molar-refractivity contribution in [3.63, 3.8) is 0 Å². The lowest BCUT2D eigenvalue weighted by Gasteiger charge is -2.34. The van der Waals surface area contributed by atoms with Crippen LogP contribution in [0, 0.1) is 12.8 Å². The molecule has 0 bridgehead atoms. The van der Waals surface area contributed by atoms with Gasteiger partial charge in [-0.15, -0.1) is 10.2 Å². The maximum atomic E-state index is 13.0. The van der Waals surface area contributed by atoms with E-state index in [9.17, 15) is 9.59 Å². The lowest BCUT2D eigenvalue weighted by Crippen LogP contribution is -2.42. The maximum absolute atomic E-state index is 13.0. The van der Waals surface area contributed by atoms with E-state index in [1.165, 1.54) is 0 Å². The largest absolute Gasteiger partial charge is 0.338 e. The summed E-state index contributed by atoms with van der Waals surface area (Å²) in [7, 11) is 0. The summed E-state index contributed by atoms with van der Waals surface area (Å²) in [5.41, 5.74) is 1.85. The molecule has 2 fully saturated rings. The summed E-state index contributed by atoms with van der Waals surface area (Å²) in [5.74, 6) is 2.65. The van der Waals surface area contributed by atoms with Crippen LogP contribution in [-0.2, 0) is 17.9 Å². The molecule has 1 unspecified atom stereocenters. The third-order valence-electron chi connectivity index (χ3n) is 6.36. The highest BCUT2D eigenvalue weighted by molar-refractivity contribution is 5.94. The summed E-state index contributed by atoms with van der Waals surface area (Å²) >= 11 is 0. The second kappa shape index (κ2) is 7.28. The van der Waals surface area contributed by atoms with Crippen LogP contribution >= 0.6 is 0 Å². The smallest absolute Gasteiger partial charge is 0.253 e. The fourth-order valence-corrected chi connectivity index (χ4v) is 4.59. The Morgan fingerprint density at radius 3 is 2.69 bits per heavy atom. The molecule has 1 atom stereocenters. The minimum Gasteiger partial charge on any atom is -0.338 e. The Labute approximate surface area is 170 Å². The number of amides is 2. The van der Waals surface area contributed by atoms with Crippen LogP contribution in [0.25, 0.3) is 0 Å². The number of hydrogen-bond acceptors (Lipinski definition) is 4. The molecule has 1 aliphatic carbocycles. The molecule has 2 amide bonds. The van der Waals surface area contributed by atoms with Gasteiger partial charge in [0, 0.05) is 43.6 Å². The van der Waals surface area contributed by atoms with Crippen molar-refractivity contribution in [2.75, 3.05) is 19.6 Å². The summed E-state index contributed by atoms with van der Waals surface area (Å²) in [6.45, 7) is 5.50. The Kier molecular flexibility index (Phi) is 4.60. The van der Waals surface area contributed by atoms with E-state index in [0.717, 1.165) is 68.1 Å². The molecule has 7 nitrogen and oxygen atoms in total. The van der Waals surface area contributed by atoms with Gasteiger partial charge >= 0.3 is 0 Å². The molecule has 2 aromatic rings. The number of benzene rings is 1. The van der Waals surface area contributed by atoms with Crippen molar-refractivity contribution >= 4 is 11.8 Å². The van der Waals surface area contributed by atoms with E-state index in [1.54, 1.807) is 0 Å². The Bertz CT molecular complexity index is 948. The normalized spacial score (nSPS) is 21.8. The first-order chi connectivity index (χ1) is 14.1. The number of aryl methyl sites for hydroxylation is 1. The molecule has 0 N–H and O–H groups in total. The number of aromatic nitrogens is 3. The number of carbonyl (C=O) groups excluding carboxylic acids is 2. The Morgan fingerprint density at radius 2 is 1.90 bits per heavy atom. The first kappa shape index (κ1) is 18.3. The topological polar surface area (TPSA) is 71.3 Å². The lowest BCUT2D eigenvalue weighted by molar-refractivity contribution is -0.134. The summed E-state index contributed by atoms with van der Waals surface area (Å²) in [4.78, 5) is 29.2. The minimum absolute atomic E-state index is 0.0954. The molecule has 1 aromatic carbocycles. The molecule has 5 rings (SSSR count). The van der Waals surface area contributed by atoms with Gasteiger partial charge < -0.3 is 14.4 Å².